The minimum atomic E-state index is -1.16. The highest BCUT2D eigenvalue weighted by molar-refractivity contribution is 6.16. The van der Waals surface area contributed by atoms with E-state index in [2.05, 4.69) is 0 Å². The molecule has 1 aliphatic rings. The molecule has 140 valence electrons. The van der Waals surface area contributed by atoms with E-state index in [1.54, 1.807) is 13.8 Å². The van der Waals surface area contributed by atoms with Crippen LogP contribution in [0.1, 0.15) is 25.5 Å². The van der Waals surface area contributed by atoms with Crippen molar-refractivity contribution in [3.8, 4) is 5.75 Å². The molecule has 3 rings (SSSR count). The van der Waals surface area contributed by atoms with E-state index in [0.717, 1.165) is 17.0 Å². The molecule has 2 aromatic rings. The molecule has 1 unspecified atom stereocenters. The predicted molar refractivity (Wildman–Crippen MR) is 94.2 cm³/mol. The molecule has 0 saturated heterocycles. The average molecular weight is 373 g/mol. The zero-order valence-electron chi connectivity index (χ0n) is 14.6. The average Bonchev–Trinajstić information content (AvgIpc) is 2.89. The molecule has 0 spiro atoms. The minimum Gasteiger partial charge on any atom is -0.508 e. The van der Waals surface area contributed by atoms with Gasteiger partial charge < -0.3 is 10.2 Å². The maximum atomic E-state index is 13.7. The van der Waals surface area contributed by atoms with Crippen LogP contribution in [0.3, 0.4) is 0 Å². The number of halogens is 2. The van der Waals surface area contributed by atoms with Crippen molar-refractivity contribution in [2.24, 2.45) is 5.92 Å². The van der Waals surface area contributed by atoms with Gasteiger partial charge in [0.05, 0.1) is 11.6 Å². The van der Waals surface area contributed by atoms with Gasteiger partial charge in [0.25, 0.3) is 5.91 Å². The Kier molecular flexibility index (Phi) is 4.70. The van der Waals surface area contributed by atoms with Crippen molar-refractivity contribution in [2.75, 3.05) is 4.90 Å². The van der Waals surface area contributed by atoms with Crippen LogP contribution in [0.4, 0.5) is 14.5 Å². The van der Waals surface area contributed by atoms with E-state index in [1.165, 1.54) is 30.3 Å². The molecule has 2 N–H and O–H groups in total. The number of amides is 1. The summed E-state index contributed by atoms with van der Waals surface area (Å²) in [6.07, 6.45) is 0. The van der Waals surface area contributed by atoms with Gasteiger partial charge in [-0.05, 0) is 29.8 Å². The maximum Gasteiger partial charge on any atom is 0.294 e. The Hall–Kier alpha value is -3.22. The van der Waals surface area contributed by atoms with Crippen molar-refractivity contribution in [2.45, 2.75) is 19.9 Å². The van der Waals surface area contributed by atoms with Crippen LogP contribution in [0, 0.1) is 17.6 Å². The van der Waals surface area contributed by atoms with E-state index in [9.17, 15) is 28.6 Å². The number of rotatable bonds is 4. The van der Waals surface area contributed by atoms with Gasteiger partial charge in [0.2, 0.25) is 0 Å². The number of phenolic OH excluding ortho intramolecular Hbond substituents is 1. The Labute approximate surface area is 154 Å². The van der Waals surface area contributed by atoms with E-state index < -0.39 is 41.0 Å². The molecule has 0 aliphatic carbocycles. The van der Waals surface area contributed by atoms with Crippen molar-refractivity contribution in [1.29, 1.82) is 0 Å². The van der Waals surface area contributed by atoms with Gasteiger partial charge in [-0.3, -0.25) is 14.5 Å². The van der Waals surface area contributed by atoms with Crippen molar-refractivity contribution < 1.29 is 28.6 Å². The molecule has 0 radical (unpaired) electrons. The van der Waals surface area contributed by atoms with Crippen molar-refractivity contribution >= 4 is 17.4 Å². The van der Waals surface area contributed by atoms with Crippen LogP contribution in [0.2, 0.25) is 0 Å². The summed E-state index contributed by atoms with van der Waals surface area (Å²) in [5.41, 5.74) is 0.305. The number of anilines is 1. The highest BCUT2D eigenvalue weighted by Gasteiger charge is 2.44. The highest BCUT2D eigenvalue weighted by Crippen LogP contribution is 2.42. The Morgan fingerprint density at radius 2 is 1.67 bits per heavy atom. The number of carbonyl (C=O) groups is 2. The number of Topliss-reactive ketones (excluding diaryl/α,β-unsaturated/α-hetero) is 1. The first-order chi connectivity index (χ1) is 12.7. The number of phenols is 1. The van der Waals surface area contributed by atoms with Crippen LogP contribution < -0.4 is 4.90 Å². The van der Waals surface area contributed by atoms with E-state index in [1.807, 2.05) is 0 Å². The molecule has 1 aliphatic heterocycles. The first-order valence-corrected chi connectivity index (χ1v) is 8.27. The summed E-state index contributed by atoms with van der Waals surface area (Å²) in [7, 11) is 0. The van der Waals surface area contributed by atoms with Crippen LogP contribution in [0.25, 0.3) is 0 Å². The lowest BCUT2D eigenvalue weighted by molar-refractivity contribution is -0.119. The lowest BCUT2D eigenvalue weighted by Crippen LogP contribution is -2.31. The van der Waals surface area contributed by atoms with E-state index in [4.69, 9.17) is 0 Å². The molecule has 0 saturated carbocycles. The molecular weight excluding hydrogens is 356 g/mol. The van der Waals surface area contributed by atoms with E-state index in [-0.39, 0.29) is 17.0 Å². The summed E-state index contributed by atoms with van der Waals surface area (Å²) < 4.78 is 27.0. The topological polar surface area (TPSA) is 77.8 Å². The molecule has 5 nitrogen and oxygen atoms in total. The third kappa shape index (κ3) is 3.16. The standard InChI is InChI=1S/C20H17F2NO4/c1-10(2)18(25)16-17(11-3-6-13(24)7-4-11)23(20(27)19(16)26)12-5-8-14(21)15(22)9-12/h3-10,17,24,26H,1-2H3. The summed E-state index contributed by atoms with van der Waals surface area (Å²) in [5, 5.41) is 19.9. The number of hydrogen-bond acceptors (Lipinski definition) is 4. The fraction of sp³-hybridized carbons (Fsp3) is 0.200. The maximum absolute atomic E-state index is 13.7. The quantitative estimate of drug-likeness (QED) is 0.855. The van der Waals surface area contributed by atoms with Crippen LogP contribution >= 0.6 is 0 Å². The lowest BCUT2D eigenvalue weighted by Gasteiger charge is -2.27. The summed E-state index contributed by atoms with van der Waals surface area (Å²) in [4.78, 5) is 26.4. The molecule has 7 heteroatoms. The number of benzene rings is 2. The smallest absolute Gasteiger partial charge is 0.294 e. The predicted octanol–water partition coefficient (Wildman–Crippen LogP) is 3.80. The van der Waals surface area contributed by atoms with Gasteiger partial charge in [0, 0.05) is 17.7 Å². The zero-order valence-corrected chi connectivity index (χ0v) is 14.6. The van der Waals surface area contributed by atoms with Gasteiger partial charge in [0.15, 0.2) is 23.2 Å². The van der Waals surface area contributed by atoms with Crippen LogP contribution in [0.5, 0.6) is 5.75 Å². The number of aliphatic hydroxyl groups is 1. The largest absolute Gasteiger partial charge is 0.508 e. The third-order valence-corrected chi connectivity index (χ3v) is 4.39. The highest BCUT2D eigenvalue weighted by atomic mass is 19.2. The van der Waals surface area contributed by atoms with Crippen LogP contribution in [-0.4, -0.2) is 21.9 Å². The Balaban J connectivity index is 2.20. The molecule has 1 amide bonds. The molecule has 0 bridgehead atoms. The third-order valence-electron chi connectivity index (χ3n) is 4.39. The number of aliphatic hydroxyl groups excluding tert-OH is 1. The minimum absolute atomic E-state index is 0.00455. The van der Waals surface area contributed by atoms with E-state index >= 15 is 0 Å². The number of hydrogen-bond donors (Lipinski definition) is 2. The first kappa shape index (κ1) is 18.6. The first-order valence-electron chi connectivity index (χ1n) is 8.27. The molecule has 1 atom stereocenters. The van der Waals surface area contributed by atoms with Gasteiger partial charge in [0.1, 0.15) is 5.75 Å². The fourth-order valence-electron chi connectivity index (χ4n) is 3.04. The summed E-state index contributed by atoms with van der Waals surface area (Å²) >= 11 is 0. The second kappa shape index (κ2) is 6.83. The SMILES string of the molecule is CC(C)C(=O)C1=C(O)C(=O)N(c2ccc(F)c(F)c2)C1c1ccc(O)cc1. The number of nitrogens with zero attached hydrogens (tertiary/aromatic N) is 1. The monoisotopic (exact) mass is 373 g/mol. The van der Waals surface area contributed by atoms with Gasteiger partial charge in [-0.15, -0.1) is 0 Å². The molecular formula is C20H17F2NO4. The number of aromatic hydroxyl groups is 1. The molecule has 1 heterocycles. The molecule has 0 aromatic heterocycles. The van der Waals surface area contributed by atoms with Crippen LogP contribution in [-0.2, 0) is 9.59 Å². The second-order valence-corrected chi connectivity index (χ2v) is 6.55. The lowest BCUT2D eigenvalue weighted by atomic mass is 9.91. The Bertz CT molecular complexity index is 951. The normalized spacial score (nSPS) is 17.1. The Morgan fingerprint density at radius 3 is 2.22 bits per heavy atom. The molecule has 0 fully saturated rings. The number of ketones is 1. The second-order valence-electron chi connectivity index (χ2n) is 6.55. The van der Waals surface area contributed by atoms with Crippen molar-refractivity contribution in [1.82, 2.24) is 0 Å². The fourth-order valence-corrected chi connectivity index (χ4v) is 3.04. The van der Waals surface area contributed by atoms with E-state index in [0.29, 0.717) is 5.56 Å². The Morgan fingerprint density at radius 1 is 1.04 bits per heavy atom. The summed E-state index contributed by atoms with van der Waals surface area (Å²) in [5.74, 6) is -4.81. The number of carbonyl (C=O) groups excluding carboxylic acids is 2. The van der Waals surface area contributed by atoms with Gasteiger partial charge in [-0.1, -0.05) is 26.0 Å². The summed E-state index contributed by atoms with van der Waals surface area (Å²) in [6.45, 7) is 3.25. The van der Waals surface area contributed by atoms with Gasteiger partial charge >= 0.3 is 0 Å². The van der Waals surface area contributed by atoms with Gasteiger partial charge in [-0.25, -0.2) is 8.78 Å². The van der Waals surface area contributed by atoms with Crippen LogP contribution in [0.15, 0.2) is 53.8 Å². The van der Waals surface area contributed by atoms with Crippen molar-refractivity contribution in [3.63, 3.8) is 0 Å². The summed E-state index contributed by atoms with van der Waals surface area (Å²) in [6, 6.07) is 7.59. The zero-order chi connectivity index (χ0) is 19.9. The molecule has 27 heavy (non-hydrogen) atoms. The van der Waals surface area contributed by atoms with Crippen molar-refractivity contribution in [3.05, 3.63) is 71.0 Å². The molecule has 2 aromatic carbocycles. The van der Waals surface area contributed by atoms with Gasteiger partial charge in [-0.2, -0.15) is 0 Å².